The maximum atomic E-state index is 14.2. The SMILES string of the molecule is CC[C@H](C)[C@H](NC(=O)[C@H](Cc1ccc(O)cc1)NC(=O)[C@@H]1CCCN1C(=O)[C@H](CCCN=C(N)N)NC(=O)[C@@H](N)CCCN=C(N)N)C(=O)NC(C(=O)O)C1CCCCC1. The van der Waals surface area contributed by atoms with Gasteiger partial charge in [0.25, 0.3) is 0 Å². The Morgan fingerprint density at radius 3 is 1.98 bits per heavy atom. The minimum Gasteiger partial charge on any atom is -0.508 e. The topological polar surface area (TPSA) is 349 Å². The van der Waals surface area contributed by atoms with Crippen molar-refractivity contribution in [2.45, 2.75) is 134 Å². The van der Waals surface area contributed by atoms with Gasteiger partial charge in [-0.3, -0.25) is 34.0 Å². The third-order valence-corrected chi connectivity index (χ3v) is 11.2. The zero-order valence-corrected chi connectivity index (χ0v) is 34.8. The molecule has 1 saturated carbocycles. The molecule has 20 nitrogen and oxygen atoms in total. The molecule has 0 radical (unpaired) electrons. The van der Waals surface area contributed by atoms with E-state index in [4.69, 9.17) is 28.7 Å². The average Bonchev–Trinajstić information content (AvgIpc) is 3.72. The fourth-order valence-corrected chi connectivity index (χ4v) is 7.59. The summed E-state index contributed by atoms with van der Waals surface area (Å²) in [7, 11) is 0. The van der Waals surface area contributed by atoms with E-state index < -0.39 is 77.7 Å². The van der Waals surface area contributed by atoms with Crippen molar-refractivity contribution in [3.05, 3.63) is 29.8 Å². The number of nitrogens with two attached hydrogens (primary N) is 5. The molecule has 5 amide bonds. The van der Waals surface area contributed by atoms with E-state index in [9.17, 15) is 39.0 Å². The van der Waals surface area contributed by atoms with Gasteiger partial charge in [-0.1, -0.05) is 51.7 Å². The van der Waals surface area contributed by atoms with Crippen LogP contribution in [0.25, 0.3) is 0 Å². The lowest BCUT2D eigenvalue weighted by Crippen LogP contribution is -2.60. The molecule has 1 aromatic carbocycles. The number of nitrogens with zero attached hydrogens (tertiary/aromatic N) is 3. The number of carbonyl (C=O) groups excluding carboxylic acids is 5. The molecule has 2 fully saturated rings. The van der Waals surface area contributed by atoms with Crippen LogP contribution in [0.5, 0.6) is 5.75 Å². The molecular weight excluding hydrogens is 777 g/mol. The van der Waals surface area contributed by atoms with Crippen molar-refractivity contribution in [2.24, 2.45) is 50.5 Å². The lowest BCUT2D eigenvalue weighted by molar-refractivity contribution is -0.144. The first-order valence-corrected chi connectivity index (χ1v) is 20.9. The molecule has 7 atom stereocenters. The van der Waals surface area contributed by atoms with Gasteiger partial charge in [-0.2, -0.15) is 0 Å². The Hall–Kier alpha value is -5.66. The average molecular weight is 843 g/mol. The van der Waals surface area contributed by atoms with E-state index in [-0.39, 0.29) is 68.9 Å². The molecule has 3 rings (SSSR count). The number of carboxylic acids is 1. The van der Waals surface area contributed by atoms with Crippen LogP contribution in [0.4, 0.5) is 0 Å². The molecule has 1 heterocycles. The van der Waals surface area contributed by atoms with E-state index in [0.29, 0.717) is 44.1 Å². The summed E-state index contributed by atoms with van der Waals surface area (Å²) in [6.07, 6.45) is 6.30. The summed E-state index contributed by atoms with van der Waals surface area (Å²) in [4.78, 5) is 91.0. The number of aliphatic imine (C=N–C) groups is 2. The molecule has 60 heavy (non-hydrogen) atoms. The highest BCUT2D eigenvalue weighted by atomic mass is 16.4. The number of phenolic OH excluding ortho intramolecular Hbond substituents is 1. The molecular formula is C40H66N12O8. The lowest BCUT2D eigenvalue weighted by Gasteiger charge is -2.32. The minimum atomic E-state index is -1.25. The van der Waals surface area contributed by atoms with E-state index in [1.54, 1.807) is 19.1 Å². The first-order chi connectivity index (χ1) is 28.5. The van der Waals surface area contributed by atoms with Crippen LogP contribution in [-0.2, 0) is 35.2 Å². The number of rotatable bonds is 23. The van der Waals surface area contributed by atoms with Gasteiger partial charge in [-0.05, 0) is 80.9 Å². The number of likely N-dealkylation sites (tertiary alicyclic amines) is 1. The van der Waals surface area contributed by atoms with Crippen molar-refractivity contribution in [1.29, 1.82) is 0 Å². The Morgan fingerprint density at radius 2 is 1.40 bits per heavy atom. The summed E-state index contributed by atoms with van der Waals surface area (Å²) in [5.41, 5.74) is 28.4. The van der Waals surface area contributed by atoms with Crippen molar-refractivity contribution in [1.82, 2.24) is 26.2 Å². The summed E-state index contributed by atoms with van der Waals surface area (Å²) in [5, 5.41) is 31.0. The molecule has 1 saturated heterocycles. The maximum absolute atomic E-state index is 14.2. The van der Waals surface area contributed by atoms with E-state index >= 15 is 0 Å². The largest absolute Gasteiger partial charge is 0.508 e. The molecule has 20 heteroatoms. The monoisotopic (exact) mass is 843 g/mol. The highest BCUT2D eigenvalue weighted by Crippen LogP contribution is 2.27. The van der Waals surface area contributed by atoms with Gasteiger partial charge in [-0.25, -0.2) is 4.79 Å². The van der Waals surface area contributed by atoms with E-state index in [1.165, 1.54) is 17.0 Å². The number of aliphatic carboxylic acids is 1. The van der Waals surface area contributed by atoms with Crippen molar-refractivity contribution < 1.29 is 39.0 Å². The summed E-state index contributed by atoms with van der Waals surface area (Å²) in [6.45, 7) is 4.24. The first kappa shape index (κ1) is 48.7. The van der Waals surface area contributed by atoms with E-state index in [2.05, 4.69) is 31.3 Å². The minimum absolute atomic E-state index is 0.00445. The summed E-state index contributed by atoms with van der Waals surface area (Å²) in [6, 6.07) is -0.515. The second-order valence-corrected chi connectivity index (χ2v) is 15.8. The molecule has 0 aromatic heterocycles. The van der Waals surface area contributed by atoms with Crippen molar-refractivity contribution >= 4 is 47.4 Å². The third-order valence-electron chi connectivity index (χ3n) is 11.2. The summed E-state index contributed by atoms with van der Waals surface area (Å²) >= 11 is 0. The highest BCUT2D eigenvalue weighted by molar-refractivity contribution is 5.97. The molecule has 1 aliphatic heterocycles. The summed E-state index contributed by atoms with van der Waals surface area (Å²) < 4.78 is 0. The maximum Gasteiger partial charge on any atom is 0.326 e. The Bertz CT molecular complexity index is 1660. The normalized spacial score (nSPS) is 18.4. The van der Waals surface area contributed by atoms with Crippen molar-refractivity contribution in [3.8, 4) is 5.75 Å². The van der Waals surface area contributed by atoms with Crippen LogP contribution in [-0.4, -0.2) is 118 Å². The Kier molecular flexibility index (Phi) is 19.8. The molecule has 1 aliphatic carbocycles. The van der Waals surface area contributed by atoms with Crippen LogP contribution in [0.3, 0.4) is 0 Å². The molecule has 334 valence electrons. The molecule has 1 aromatic rings. The van der Waals surface area contributed by atoms with Gasteiger partial charge >= 0.3 is 5.97 Å². The van der Waals surface area contributed by atoms with Crippen LogP contribution in [0.1, 0.15) is 96.5 Å². The van der Waals surface area contributed by atoms with Gasteiger partial charge in [-0.15, -0.1) is 0 Å². The zero-order valence-electron chi connectivity index (χ0n) is 34.8. The van der Waals surface area contributed by atoms with Crippen LogP contribution >= 0.6 is 0 Å². The number of guanidine groups is 2. The fourth-order valence-electron chi connectivity index (χ4n) is 7.59. The number of benzene rings is 1. The number of hydrogen-bond acceptors (Lipinski definition) is 10. The second-order valence-electron chi connectivity index (χ2n) is 15.8. The Labute approximate surface area is 351 Å². The quantitative estimate of drug-likeness (QED) is 0.0359. The van der Waals surface area contributed by atoms with Crippen molar-refractivity contribution in [3.63, 3.8) is 0 Å². The molecule has 16 N–H and O–H groups in total. The zero-order chi connectivity index (χ0) is 44.4. The van der Waals surface area contributed by atoms with E-state index in [1.807, 2.05) is 6.92 Å². The number of carbonyl (C=O) groups is 6. The lowest BCUT2D eigenvalue weighted by atomic mass is 9.83. The molecule has 0 spiro atoms. The molecule has 1 unspecified atom stereocenters. The van der Waals surface area contributed by atoms with Crippen LogP contribution in [0.2, 0.25) is 0 Å². The third kappa shape index (κ3) is 15.5. The van der Waals surface area contributed by atoms with Gasteiger partial charge < -0.3 is 65.0 Å². The predicted molar refractivity (Wildman–Crippen MR) is 226 cm³/mol. The van der Waals surface area contributed by atoms with E-state index in [0.717, 1.165) is 19.3 Å². The molecule has 2 aliphatic rings. The standard InChI is InChI=1S/C40H66N12O8/c1-3-23(2)31(36(57)51-32(38(59)60)25-10-5-4-6-11-25)50-34(55)29(22-24-15-17-26(53)18-16-24)49-35(56)30-14-9-21-52(30)37(58)28(13-8-20-47-40(44)45)48-33(54)27(41)12-7-19-46-39(42)43/h15-18,23,25,27-32,53H,3-14,19-22,41H2,1-2H3,(H,48,54)(H,49,56)(H,50,55)(H,51,57)(H,59,60)(H4,42,43,46)(H4,44,45,47)/t23-,27-,28-,29-,30-,31-,32?/m0/s1. The van der Waals surface area contributed by atoms with Gasteiger partial charge in [0.15, 0.2) is 11.9 Å². The van der Waals surface area contributed by atoms with Gasteiger partial charge in [0.1, 0.15) is 36.0 Å². The van der Waals surface area contributed by atoms with Crippen LogP contribution in [0, 0.1) is 11.8 Å². The number of phenols is 1. The smallest absolute Gasteiger partial charge is 0.326 e. The Morgan fingerprint density at radius 1 is 0.783 bits per heavy atom. The Balaban J connectivity index is 1.84. The number of carboxylic acid groups (broad SMARTS) is 1. The highest BCUT2D eigenvalue weighted by Gasteiger charge is 2.40. The number of amides is 5. The van der Waals surface area contributed by atoms with Gasteiger partial charge in [0.05, 0.1) is 6.04 Å². The number of hydrogen-bond donors (Lipinski definition) is 11. The predicted octanol–water partition coefficient (Wildman–Crippen LogP) is -0.990. The first-order valence-electron chi connectivity index (χ1n) is 20.9. The molecule has 0 bridgehead atoms. The van der Waals surface area contributed by atoms with Crippen LogP contribution < -0.4 is 49.9 Å². The van der Waals surface area contributed by atoms with Crippen molar-refractivity contribution in [2.75, 3.05) is 19.6 Å². The number of aromatic hydroxyl groups is 1. The van der Waals surface area contributed by atoms with Crippen LogP contribution in [0.15, 0.2) is 34.3 Å². The van der Waals surface area contributed by atoms with Gasteiger partial charge in [0, 0.05) is 26.1 Å². The number of nitrogens with one attached hydrogen (secondary N) is 4. The van der Waals surface area contributed by atoms with Gasteiger partial charge in [0.2, 0.25) is 29.5 Å². The fraction of sp³-hybridized carbons (Fsp3) is 0.650. The summed E-state index contributed by atoms with van der Waals surface area (Å²) in [5.74, 6) is -5.10. The second kappa shape index (κ2) is 24.4.